The van der Waals surface area contributed by atoms with E-state index in [0.29, 0.717) is 13.0 Å². The summed E-state index contributed by atoms with van der Waals surface area (Å²) in [6.45, 7) is 0.217. The average Bonchev–Trinajstić information content (AvgIpc) is 2.27. The number of carbonyl (C=O) groups excluding carboxylic acids is 1. The molecule has 7 nitrogen and oxygen atoms in total. The summed E-state index contributed by atoms with van der Waals surface area (Å²) in [5.74, 6) is -0.783. The van der Waals surface area contributed by atoms with E-state index in [2.05, 4.69) is 10.0 Å². The molecule has 1 amide bonds. The summed E-state index contributed by atoms with van der Waals surface area (Å²) in [4.78, 5) is 10.6. The van der Waals surface area contributed by atoms with Gasteiger partial charge in [-0.2, -0.15) is 0 Å². The van der Waals surface area contributed by atoms with E-state index in [4.69, 9.17) is 5.21 Å². The van der Waals surface area contributed by atoms with E-state index in [-0.39, 0.29) is 0 Å². The molecule has 0 spiro atoms. The number of piperidine rings is 1. The van der Waals surface area contributed by atoms with Crippen LogP contribution in [0.3, 0.4) is 0 Å². The molecule has 1 unspecified atom stereocenters. The highest BCUT2D eigenvalue weighted by atomic mass is 32.2. The molecule has 8 heteroatoms. The molecule has 88 valence electrons. The molecule has 0 aromatic rings. The van der Waals surface area contributed by atoms with Crippen molar-refractivity contribution in [3.8, 4) is 0 Å². The molecule has 1 aliphatic heterocycles. The quantitative estimate of drug-likeness (QED) is 0.352. The van der Waals surface area contributed by atoms with Crippen molar-refractivity contribution in [1.29, 1.82) is 0 Å². The third-order valence-corrected chi connectivity index (χ3v) is 3.90. The van der Waals surface area contributed by atoms with E-state index < -0.39 is 27.8 Å². The molecular formula is C7H15N3O4S. The smallest absolute Gasteiger partial charge is 0.258 e. The zero-order valence-corrected chi connectivity index (χ0v) is 9.01. The van der Waals surface area contributed by atoms with Gasteiger partial charge >= 0.3 is 0 Å². The average molecular weight is 237 g/mol. The van der Waals surface area contributed by atoms with Crippen LogP contribution in [-0.2, 0) is 14.8 Å². The number of carbonyl (C=O) groups is 1. The number of hydrogen-bond acceptors (Lipinski definition) is 5. The number of hydrogen-bond donors (Lipinski definition) is 4. The lowest BCUT2D eigenvalue weighted by Crippen LogP contribution is -2.48. The van der Waals surface area contributed by atoms with E-state index in [1.807, 2.05) is 0 Å². The van der Waals surface area contributed by atoms with Gasteiger partial charge in [0.05, 0.1) is 6.54 Å². The van der Waals surface area contributed by atoms with Crippen LogP contribution in [0.15, 0.2) is 0 Å². The number of amides is 1. The second kappa shape index (κ2) is 5.40. The molecule has 0 bridgehead atoms. The summed E-state index contributed by atoms with van der Waals surface area (Å²) in [7, 11) is -3.52. The Hall–Kier alpha value is -0.700. The molecular weight excluding hydrogens is 222 g/mol. The fourth-order valence-electron chi connectivity index (χ4n) is 1.39. The van der Waals surface area contributed by atoms with Crippen molar-refractivity contribution in [1.82, 2.24) is 15.5 Å². The van der Waals surface area contributed by atoms with Crippen molar-refractivity contribution in [2.75, 3.05) is 13.1 Å². The van der Waals surface area contributed by atoms with Crippen LogP contribution in [0.1, 0.15) is 19.3 Å². The summed E-state index contributed by atoms with van der Waals surface area (Å²) in [5.41, 5.74) is 1.35. The summed E-state index contributed by atoms with van der Waals surface area (Å²) >= 11 is 0. The van der Waals surface area contributed by atoms with E-state index in [9.17, 15) is 13.2 Å². The molecule has 1 rings (SSSR count). The summed E-state index contributed by atoms with van der Waals surface area (Å²) in [6, 6.07) is 0. The van der Waals surface area contributed by atoms with Crippen molar-refractivity contribution < 1.29 is 18.4 Å². The first kappa shape index (κ1) is 12.4. The van der Waals surface area contributed by atoms with Crippen molar-refractivity contribution in [3.05, 3.63) is 0 Å². The highest BCUT2D eigenvalue weighted by molar-refractivity contribution is 7.90. The van der Waals surface area contributed by atoms with Crippen LogP contribution in [0, 0.1) is 0 Å². The largest absolute Gasteiger partial charge is 0.300 e. The Kier molecular flexibility index (Phi) is 4.45. The van der Waals surface area contributed by atoms with Crippen molar-refractivity contribution in [2.45, 2.75) is 24.6 Å². The summed E-state index contributed by atoms with van der Waals surface area (Å²) in [5, 5.41) is 10.4. The number of sulfonamides is 1. The SMILES string of the molecule is O=C(CNS(=O)(=O)C1CCCCN1)NO. The second-order valence-electron chi connectivity index (χ2n) is 3.34. The van der Waals surface area contributed by atoms with Crippen LogP contribution in [-0.4, -0.2) is 38.0 Å². The lowest BCUT2D eigenvalue weighted by Gasteiger charge is -2.23. The third kappa shape index (κ3) is 3.74. The standard InChI is InChI=1S/C7H15N3O4S/c11-6(10-12)5-9-15(13,14)7-3-1-2-4-8-7/h7-9,12H,1-5H2,(H,10,11). The Bertz CT molecular complexity index is 310. The van der Waals surface area contributed by atoms with Gasteiger partial charge in [0.15, 0.2) is 0 Å². The minimum absolute atomic E-state index is 0.447. The lowest BCUT2D eigenvalue weighted by atomic mass is 10.2. The van der Waals surface area contributed by atoms with E-state index in [1.54, 1.807) is 0 Å². The fourth-order valence-corrected chi connectivity index (χ4v) is 2.74. The Morgan fingerprint density at radius 2 is 2.20 bits per heavy atom. The highest BCUT2D eigenvalue weighted by Gasteiger charge is 2.26. The molecule has 15 heavy (non-hydrogen) atoms. The van der Waals surface area contributed by atoms with Gasteiger partial charge in [-0.05, 0) is 25.8 Å². The maximum absolute atomic E-state index is 11.6. The number of rotatable bonds is 4. The Morgan fingerprint density at radius 3 is 2.73 bits per heavy atom. The van der Waals surface area contributed by atoms with Gasteiger partial charge in [0, 0.05) is 0 Å². The van der Waals surface area contributed by atoms with Gasteiger partial charge in [0.1, 0.15) is 5.37 Å². The van der Waals surface area contributed by atoms with Crippen LogP contribution in [0.4, 0.5) is 0 Å². The molecule has 0 saturated carbocycles. The first-order chi connectivity index (χ1) is 7.06. The van der Waals surface area contributed by atoms with Crippen LogP contribution >= 0.6 is 0 Å². The monoisotopic (exact) mass is 237 g/mol. The van der Waals surface area contributed by atoms with Gasteiger partial charge in [-0.1, -0.05) is 0 Å². The molecule has 1 aliphatic rings. The first-order valence-electron chi connectivity index (χ1n) is 4.71. The Balaban J connectivity index is 2.46. The van der Waals surface area contributed by atoms with Crippen LogP contribution < -0.4 is 15.5 Å². The molecule has 1 heterocycles. The zero-order valence-electron chi connectivity index (χ0n) is 8.19. The van der Waals surface area contributed by atoms with Crippen molar-refractivity contribution in [3.63, 3.8) is 0 Å². The minimum atomic E-state index is -3.52. The highest BCUT2D eigenvalue weighted by Crippen LogP contribution is 2.11. The van der Waals surface area contributed by atoms with Crippen LogP contribution in [0.2, 0.25) is 0 Å². The Morgan fingerprint density at radius 1 is 1.47 bits per heavy atom. The fraction of sp³-hybridized carbons (Fsp3) is 0.857. The van der Waals surface area contributed by atoms with Crippen molar-refractivity contribution in [2.24, 2.45) is 0 Å². The van der Waals surface area contributed by atoms with Crippen LogP contribution in [0.25, 0.3) is 0 Å². The maximum Gasteiger partial charge on any atom is 0.258 e. The van der Waals surface area contributed by atoms with Gasteiger partial charge in [-0.25, -0.2) is 18.6 Å². The number of nitrogens with one attached hydrogen (secondary N) is 3. The number of hydroxylamine groups is 1. The van der Waals surface area contributed by atoms with Crippen molar-refractivity contribution >= 4 is 15.9 Å². The molecule has 0 aromatic carbocycles. The van der Waals surface area contributed by atoms with Gasteiger partial charge in [0.25, 0.3) is 5.91 Å². The molecule has 4 N–H and O–H groups in total. The summed E-state index contributed by atoms with van der Waals surface area (Å²) < 4.78 is 25.3. The third-order valence-electron chi connectivity index (χ3n) is 2.20. The second-order valence-corrected chi connectivity index (χ2v) is 5.29. The lowest BCUT2D eigenvalue weighted by molar-refractivity contribution is -0.127. The maximum atomic E-state index is 11.6. The van der Waals surface area contributed by atoms with E-state index in [1.165, 1.54) is 5.48 Å². The topological polar surface area (TPSA) is 108 Å². The molecule has 1 fully saturated rings. The predicted molar refractivity (Wildman–Crippen MR) is 52.5 cm³/mol. The molecule has 0 aromatic heterocycles. The van der Waals surface area contributed by atoms with Gasteiger partial charge in [0.2, 0.25) is 10.0 Å². The molecule has 1 saturated heterocycles. The van der Waals surface area contributed by atoms with Crippen LogP contribution in [0.5, 0.6) is 0 Å². The minimum Gasteiger partial charge on any atom is -0.300 e. The van der Waals surface area contributed by atoms with Gasteiger partial charge in [-0.15, -0.1) is 0 Å². The van der Waals surface area contributed by atoms with Gasteiger partial charge in [-0.3, -0.25) is 10.0 Å². The molecule has 0 aliphatic carbocycles. The molecule has 1 atom stereocenters. The zero-order chi connectivity index (χ0) is 11.3. The normalized spacial score (nSPS) is 22.3. The van der Waals surface area contributed by atoms with Gasteiger partial charge < -0.3 is 5.32 Å². The first-order valence-corrected chi connectivity index (χ1v) is 6.25. The predicted octanol–water partition coefficient (Wildman–Crippen LogP) is -1.49. The van der Waals surface area contributed by atoms with E-state index >= 15 is 0 Å². The Labute approximate surface area is 88.2 Å². The molecule has 0 radical (unpaired) electrons. The van der Waals surface area contributed by atoms with E-state index in [0.717, 1.165) is 12.8 Å². The summed E-state index contributed by atoms with van der Waals surface area (Å²) in [6.07, 6.45) is 2.35.